The predicted octanol–water partition coefficient (Wildman–Crippen LogP) is 3.27. The lowest BCUT2D eigenvalue weighted by atomic mass is 10.2. The van der Waals surface area contributed by atoms with Gasteiger partial charge in [-0.3, -0.25) is 9.59 Å². The minimum atomic E-state index is -0.707. The second-order valence-corrected chi connectivity index (χ2v) is 6.49. The van der Waals surface area contributed by atoms with Crippen molar-refractivity contribution in [1.82, 2.24) is 0 Å². The second-order valence-electron chi connectivity index (χ2n) is 6.09. The van der Waals surface area contributed by atoms with Crippen LogP contribution in [0.4, 0.5) is 11.4 Å². The van der Waals surface area contributed by atoms with Gasteiger partial charge in [-0.05, 0) is 49.4 Å². The van der Waals surface area contributed by atoms with Gasteiger partial charge in [0.25, 0.3) is 5.91 Å². The van der Waals surface area contributed by atoms with Gasteiger partial charge >= 0.3 is 5.97 Å². The van der Waals surface area contributed by atoms with Crippen molar-refractivity contribution in [2.75, 3.05) is 23.9 Å². The second kappa shape index (κ2) is 8.31. The van der Waals surface area contributed by atoms with Crippen molar-refractivity contribution in [1.29, 1.82) is 0 Å². The zero-order valence-electron chi connectivity index (χ0n) is 15.4. The molecule has 28 heavy (non-hydrogen) atoms. The van der Waals surface area contributed by atoms with Crippen LogP contribution >= 0.6 is 11.6 Å². The van der Waals surface area contributed by atoms with Crippen LogP contribution in [0.1, 0.15) is 23.7 Å². The normalized spacial score (nSPS) is 16.2. The minimum absolute atomic E-state index is 0.0160. The number of nitrogens with one attached hydrogen (secondary N) is 1. The molecule has 8 heteroatoms. The Morgan fingerprint density at radius 2 is 1.93 bits per heavy atom. The number of methoxy groups -OCH3 is 1. The fourth-order valence-corrected chi connectivity index (χ4v) is 3.19. The van der Waals surface area contributed by atoms with Gasteiger partial charge in [0.1, 0.15) is 11.8 Å². The number of esters is 1. The van der Waals surface area contributed by atoms with Crippen LogP contribution < -0.4 is 15.0 Å². The first kappa shape index (κ1) is 19.7. The Balaban J connectivity index is 1.74. The zero-order valence-corrected chi connectivity index (χ0v) is 16.2. The van der Waals surface area contributed by atoms with E-state index in [9.17, 15) is 14.4 Å². The van der Waals surface area contributed by atoms with Crippen LogP contribution in [0.15, 0.2) is 42.5 Å². The molecule has 1 heterocycles. The van der Waals surface area contributed by atoms with Crippen LogP contribution in [0.5, 0.6) is 5.75 Å². The Morgan fingerprint density at radius 1 is 1.21 bits per heavy atom. The standard InChI is InChI=1S/C20H19ClN2O5/c1-3-28-20(26)12-4-7-14(8-5-12)23-18(24)11-16(19(23)25)22-13-6-9-17(27-2)15(21)10-13/h4-10,16,22H,3,11H2,1-2H3/t16-/m1/s1. The number of halogens is 1. The number of nitrogens with zero attached hydrogens (tertiary/aromatic N) is 1. The summed E-state index contributed by atoms with van der Waals surface area (Å²) in [5.74, 6) is -0.639. The quantitative estimate of drug-likeness (QED) is 0.589. The molecular weight excluding hydrogens is 384 g/mol. The van der Waals surface area contributed by atoms with Gasteiger partial charge in [-0.2, -0.15) is 0 Å². The number of carbonyl (C=O) groups is 3. The molecule has 1 aliphatic heterocycles. The summed E-state index contributed by atoms with van der Waals surface area (Å²) in [6.07, 6.45) is 0.0160. The average molecular weight is 403 g/mol. The topological polar surface area (TPSA) is 84.9 Å². The fourth-order valence-electron chi connectivity index (χ4n) is 2.93. The van der Waals surface area contributed by atoms with E-state index in [1.54, 1.807) is 37.3 Å². The highest BCUT2D eigenvalue weighted by atomic mass is 35.5. The monoisotopic (exact) mass is 402 g/mol. The van der Waals surface area contributed by atoms with Crippen LogP contribution in [0.2, 0.25) is 5.02 Å². The molecule has 2 aromatic rings. The molecule has 2 aromatic carbocycles. The number of anilines is 2. The van der Waals surface area contributed by atoms with E-state index in [0.29, 0.717) is 27.7 Å². The molecule has 1 N–H and O–H groups in total. The summed E-state index contributed by atoms with van der Waals surface area (Å²) in [6, 6.07) is 10.5. The van der Waals surface area contributed by atoms with Crippen molar-refractivity contribution >= 4 is 40.8 Å². The third-order valence-corrected chi connectivity index (χ3v) is 4.57. The summed E-state index contributed by atoms with van der Waals surface area (Å²) in [6.45, 7) is 1.99. The Labute approximate surface area is 167 Å². The van der Waals surface area contributed by atoms with Gasteiger partial charge in [-0.25, -0.2) is 9.69 Å². The van der Waals surface area contributed by atoms with Crippen LogP contribution in [-0.2, 0) is 14.3 Å². The summed E-state index contributed by atoms with van der Waals surface area (Å²) in [7, 11) is 1.51. The number of hydrogen-bond donors (Lipinski definition) is 1. The van der Waals surface area contributed by atoms with E-state index in [-0.39, 0.29) is 24.8 Å². The van der Waals surface area contributed by atoms with Crippen molar-refractivity contribution in [2.45, 2.75) is 19.4 Å². The van der Waals surface area contributed by atoms with E-state index >= 15 is 0 Å². The molecule has 1 saturated heterocycles. The Bertz CT molecular complexity index is 913. The molecule has 1 atom stereocenters. The molecule has 146 valence electrons. The van der Waals surface area contributed by atoms with E-state index in [0.717, 1.165) is 4.90 Å². The van der Waals surface area contributed by atoms with Crippen molar-refractivity contribution in [3.05, 3.63) is 53.1 Å². The molecule has 0 spiro atoms. The molecule has 0 unspecified atom stereocenters. The lowest BCUT2D eigenvalue weighted by molar-refractivity contribution is -0.121. The molecule has 1 fully saturated rings. The van der Waals surface area contributed by atoms with Crippen LogP contribution in [-0.4, -0.2) is 37.5 Å². The first-order valence-corrected chi connectivity index (χ1v) is 9.06. The number of carbonyl (C=O) groups excluding carboxylic acids is 3. The van der Waals surface area contributed by atoms with E-state index < -0.39 is 12.0 Å². The maximum atomic E-state index is 12.7. The molecule has 3 rings (SSSR count). The molecule has 0 bridgehead atoms. The smallest absolute Gasteiger partial charge is 0.338 e. The van der Waals surface area contributed by atoms with Crippen LogP contribution in [0.25, 0.3) is 0 Å². The maximum Gasteiger partial charge on any atom is 0.338 e. The maximum absolute atomic E-state index is 12.7. The summed E-state index contributed by atoms with van der Waals surface area (Å²) >= 11 is 6.10. The first-order valence-electron chi connectivity index (χ1n) is 8.68. The van der Waals surface area contributed by atoms with E-state index in [4.69, 9.17) is 21.1 Å². The molecule has 0 aromatic heterocycles. The van der Waals surface area contributed by atoms with Crippen molar-refractivity contribution < 1.29 is 23.9 Å². The largest absolute Gasteiger partial charge is 0.495 e. The third-order valence-electron chi connectivity index (χ3n) is 4.28. The number of imide groups is 1. The average Bonchev–Trinajstić information content (AvgIpc) is 2.95. The molecule has 0 saturated carbocycles. The van der Waals surface area contributed by atoms with Crippen molar-refractivity contribution in [2.24, 2.45) is 0 Å². The number of benzene rings is 2. The van der Waals surface area contributed by atoms with Gasteiger partial charge in [-0.1, -0.05) is 11.6 Å². The van der Waals surface area contributed by atoms with Crippen molar-refractivity contribution in [3.8, 4) is 5.75 Å². The van der Waals surface area contributed by atoms with Gasteiger partial charge in [0.2, 0.25) is 5.91 Å². The third kappa shape index (κ3) is 3.94. The molecule has 7 nitrogen and oxygen atoms in total. The summed E-state index contributed by atoms with van der Waals surface area (Å²) < 4.78 is 10.0. The van der Waals surface area contributed by atoms with Gasteiger partial charge in [0.05, 0.1) is 36.4 Å². The molecule has 0 radical (unpaired) electrons. The van der Waals surface area contributed by atoms with Crippen molar-refractivity contribution in [3.63, 3.8) is 0 Å². The van der Waals surface area contributed by atoms with Gasteiger partial charge in [0, 0.05) is 5.69 Å². The van der Waals surface area contributed by atoms with Gasteiger partial charge < -0.3 is 14.8 Å². The highest BCUT2D eigenvalue weighted by molar-refractivity contribution is 6.32. The number of ether oxygens (including phenoxy) is 2. The summed E-state index contributed by atoms with van der Waals surface area (Å²) in [5.41, 5.74) is 1.36. The molecule has 1 aliphatic rings. The Kier molecular flexibility index (Phi) is 5.84. The van der Waals surface area contributed by atoms with E-state index in [2.05, 4.69) is 5.32 Å². The van der Waals surface area contributed by atoms with Gasteiger partial charge in [0.15, 0.2) is 0 Å². The molecule has 0 aliphatic carbocycles. The predicted molar refractivity (Wildman–Crippen MR) is 105 cm³/mol. The van der Waals surface area contributed by atoms with Crippen LogP contribution in [0, 0.1) is 0 Å². The lowest BCUT2D eigenvalue weighted by Gasteiger charge is -2.17. The SMILES string of the molecule is CCOC(=O)c1ccc(N2C(=O)C[C@@H](Nc3ccc(OC)c(Cl)c3)C2=O)cc1. The highest BCUT2D eigenvalue weighted by Gasteiger charge is 2.39. The molecule has 2 amide bonds. The van der Waals surface area contributed by atoms with E-state index in [1.807, 2.05) is 0 Å². The van der Waals surface area contributed by atoms with Gasteiger partial charge in [-0.15, -0.1) is 0 Å². The summed E-state index contributed by atoms with van der Waals surface area (Å²) in [4.78, 5) is 38.0. The van der Waals surface area contributed by atoms with Crippen LogP contribution in [0.3, 0.4) is 0 Å². The zero-order chi connectivity index (χ0) is 20.3. The highest BCUT2D eigenvalue weighted by Crippen LogP contribution is 2.30. The van der Waals surface area contributed by atoms with E-state index in [1.165, 1.54) is 19.2 Å². The lowest BCUT2D eigenvalue weighted by Crippen LogP contribution is -2.34. The number of amides is 2. The summed E-state index contributed by atoms with van der Waals surface area (Å²) in [5, 5.41) is 3.43. The number of hydrogen-bond acceptors (Lipinski definition) is 6. The number of rotatable bonds is 6. The fraction of sp³-hybridized carbons (Fsp3) is 0.250. The Morgan fingerprint density at radius 3 is 2.54 bits per heavy atom. The minimum Gasteiger partial charge on any atom is -0.495 e. The Hall–Kier alpha value is -3.06. The molecular formula is C20H19ClN2O5. The first-order chi connectivity index (χ1) is 13.4.